The van der Waals surface area contributed by atoms with Crippen LogP contribution in [0.25, 0.3) is 0 Å². The number of hydrogen-bond donors (Lipinski definition) is 3. The number of alkyl halides is 3. The van der Waals surface area contributed by atoms with Crippen LogP contribution >= 0.6 is 11.3 Å². The second kappa shape index (κ2) is 6.55. The monoisotopic (exact) mass is 345 g/mol. The third-order valence-corrected chi connectivity index (χ3v) is 4.08. The second-order valence-electron chi connectivity index (χ2n) is 4.99. The Morgan fingerprint density at radius 1 is 1.35 bits per heavy atom. The van der Waals surface area contributed by atoms with Crippen LogP contribution in [0.5, 0.6) is 0 Å². The average molecular weight is 345 g/mol. The first-order valence-corrected chi connectivity index (χ1v) is 7.41. The van der Waals surface area contributed by atoms with Gasteiger partial charge in [-0.25, -0.2) is 9.78 Å². The molecule has 2 aromatic heterocycles. The number of amides is 2. The highest BCUT2D eigenvalue weighted by molar-refractivity contribution is 7.10. The van der Waals surface area contributed by atoms with Gasteiger partial charge in [-0.1, -0.05) is 6.07 Å². The number of aromatic nitrogens is 1. The summed E-state index contributed by atoms with van der Waals surface area (Å²) in [6, 6.07) is 4.75. The summed E-state index contributed by atoms with van der Waals surface area (Å²) in [5, 5.41) is 16.9. The largest absolute Gasteiger partial charge is 0.433 e. The van der Waals surface area contributed by atoms with Crippen LogP contribution in [0, 0.1) is 0 Å². The Labute approximate surface area is 134 Å². The quantitative estimate of drug-likeness (QED) is 0.797. The molecule has 5 nitrogen and oxygen atoms in total. The minimum Gasteiger partial charge on any atom is -0.383 e. The highest BCUT2D eigenvalue weighted by Crippen LogP contribution is 2.28. The number of halogens is 3. The molecule has 0 bridgehead atoms. The van der Waals surface area contributed by atoms with E-state index in [1.165, 1.54) is 11.3 Å². The molecule has 2 rings (SSSR count). The summed E-state index contributed by atoms with van der Waals surface area (Å²) in [6.45, 7) is 1.51. The summed E-state index contributed by atoms with van der Waals surface area (Å²) in [4.78, 5) is 15.7. The predicted octanol–water partition coefficient (Wildman–Crippen LogP) is 3.19. The normalized spacial score (nSPS) is 14.1. The molecule has 0 aliphatic heterocycles. The van der Waals surface area contributed by atoms with Gasteiger partial charge in [-0.2, -0.15) is 13.2 Å². The molecule has 0 saturated heterocycles. The molecule has 9 heteroatoms. The van der Waals surface area contributed by atoms with Crippen LogP contribution < -0.4 is 10.6 Å². The van der Waals surface area contributed by atoms with Crippen molar-refractivity contribution in [2.75, 3.05) is 11.9 Å². The van der Waals surface area contributed by atoms with Crippen molar-refractivity contribution in [1.82, 2.24) is 10.3 Å². The van der Waals surface area contributed by atoms with Gasteiger partial charge in [0.05, 0.1) is 18.4 Å². The summed E-state index contributed by atoms with van der Waals surface area (Å²) in [6.07, 6.45) is -3.61. The van der Waals surface area contributed by atoms with Crippen molar-refractivity contribution in [3.05, 3.63) is 46.4 Å². The number of aliphatic hydroxyl groups is 1. The lowest BCUT2D eigenvalue weighted by Gasteiger charge is -2.22. The van der Waals surface area contributed by atoms with Crippen LogP contribution in [-0.4, -0.2) is 22.7 Å². The number of rotatable bonds is 4. The first kappa shape index (κ1) is 17.2. The lowest BCUT2D eigenvalue weighted by atomic mass is 10.1. The van der Waals surface area contributed by atoms with Crippen molar-refractivity contribution in [1.29, 1.82) is 0 Å². The van der Waals surface area contributed by atoms with Gasteiger partial charge in [0.2, 0.25) is 0 Å². The molecule has 0 aliphatic rings. The fraction of sp³-hybridized carbons (Fsp3) is 0.286. The fourth-order valence-corrected chi connectivity index (χ4v) is 2.52. The molecule has 0 aromatic carbocycles. The number of urea groups is 1. The van der Waals surface area contributed by atoms with E-state index in [2.05, 4.69) is 15.6 Å². The van der Waals surface area contributed by atoms with E-state index in [1.807, 2.05) is 0 Å². The van der Waals surface area contributed by atoms with Gasteiger partial charge in [0.25, 0.3) is 0 Å². The van der Waals surface area contributed by atoms with Crippen molar-refractivity contribution >= 4 is 23.1 Å². The highest BCUT2D eigenvalue weighted by Gasteiger charge is 2.32. The zero-order valence-corrected chi connectivity index (χ0v) is 12.8. The van der Waals surface area contributed by atoms with Crippen LogP contribution in [0.3, 0.4) is 0 Å². The smallest absolute Gasteiger partial charge is 0.383 e. The SMILES string of the molecule is CC(O)(CNC(=O)Nc1ccc(C(F)(F)F)nc1)c1cccs1. The van der Waals surface area contributed by atoms with E-state index in [0.29, 0.717) is 4.88 Å². The van der Waals surface area contributed by atoms with Crippen LogP contribution in [-0.2, 0) is 11.8 Å². The predicted molar refractivity (Wildman–Crippen MR) is 80.2 cm³/mol. The molecule has 0 radical (unpaired) electrons. The third-order valence-electron chi connectivity index (χ3n) is 2.96. The van der Waals surface area contributed by atoms with E-state index >= 15 is 0 Å². The van der Waals surface area contributed by atoms with Crippen molar-refractivity contribution < 1.29 is 23.1 Å². The number of hydrogen-bond acceptors (Lipinski definition) is 4. The van der Waals surface area contributed by atoms with Gasteiger partial charge in [0.15, 0.2) is 0 Å². The first-order chi connectivity index (χ1) is 10.7. The molecule has 124 valence electrons. The summed E-state index contributed by atoms with van der Waals surface area (Å²) in [5.74, 6) is 0. The van der Waals surface area contributed by atoms with Crippen LogP contribution in [0.15, 0.2) is 35.8 Å². The Hall–Kier alpha value is -2.13. The molecule has 1 atom stereocenters. The molecule has 3 N–H and O–H groups in total. The minimum atomic E-state index is -4.53. The number of nitrogens with one attached hydrogen (secondary N) is 2. The zero-order chi connectivity index (χ0) is 17.1. The topological polar surface area (TPSA) is 74.2 Å². The van der Waals surface area contributed by atoms with E-state index in [0.717, 1.165) is 18.3 Å². The van der Waals surface area contributed by atoms with Gasteiger partial charge in [-0.15, -0.1) is 11.3 Å². The van der Waals surface area contributed by atoms with Crippen molar-refractivity contribution in [2.45, 2.75) is 18.7 Å². The minimum absolute atomic E-state index is 0.0482. The van der Waals surface area contributed by atoms with E-state index < -0.39 is 23.5 Å². The summed E-state index contributed by atoms with van der Waals surface area (Å²) in [5.41, 5.74) is -2.15. The van der Waals surface area contributed by atoms with Crippen LogP contribution in [0.1, 0.15) is 17.5 Å². The van der Waals surface area contributed by atoms with E-state index in [9.17, 15) is 23.1 Å². The fourth-order valence-electron chi connectivity index (χ4n) is 1.74. The van der Waals surface area contributed by atoms with Gasteiger partial charge >= 0.3 is 12.2 Å². The Morgan fingerprint density at radius 3 is 2.61 bits per heavy atom. The van der Waals surface area contributed by atoms with E-state index in [4.69, 9.17) is 0 Å². The summed E-state index contributed by atoms with van der Waals surface area (Å²) in [7, 11) is 0. The maximum atomic E-state index is 12.4. The third kappa shape index (κ3) is 4.67. The lowest BCUT2D eigenvalue weighted by molar-refractivity contribution is -0.141. The van der Waals surface area contributed by atoms with Gasteiger partial charge in [-0.05, 0) is 30.5 Å². The standard InChI is InChI=1S/C14H14F3N3O2S/c1-13(22,11-3-2-6-23-11)8-19-12(21)20-9-4-5-10(18-7-9)14(15,16)17/h2-7,22H,8H2,1H3,(H2,19,20,21). The Balaban J connectivity index is 1.90. The average Bonchev–Trinajstić information content (AvgIpc) is 3.00. The summed E-state index contributed by atoms with van der Waals surface area (Å²) < 4.78 is 37.1. The van der Waals surface area contributed by atoms with Crippen LogP contribution in [0.2, 0.25) is 0 Å². The Morgan fingerprint density at radius 2 is 2.09 bits per heavy atom. The number of anilines is 1. The molecule has 2 amide bonds. The van der Waals surface area contributed by atoms with Crippen molar-refractivity contribution in [3.63, 3.8) is 0 Å². The number of thiophene rings is 1. The maximum absolute atomic E-state index is 12.4. The van der Waals surface area contributed by atoms with E-state index in [1.54, 1.807) is 24.4 Å². The molecule has 23 heavy (non-hydrogen) atoms. The van der Waals surface area contributed by atoms with Crippen molar-refractivity contribution in [2.24, 2.45) is 0 Å². The molecule has 0 spiro atoms. The van der Waals surface area contributed by atoms with Gasteiger partial charge < -0.3 is 15.7 Å². The molecule has 0 aliphatic carbocycles. The molecule has 0 fully saturated rings. The number of pyridine rings is 1. The Kier molecular flexibility index (Phi) is 4.90. The Bertz CT molecular complexity index is 655. The molecule has 2 aromatic rings. The van der Waals surface area contributed by atoms with Gasteiger partial charge in [-0.3, -0.25) is 0 Å². The first-order valence-electron chi connectivity index (χ1n) is 6.53. The van der Waals surface area contributed by atoms with Crippen molar-refractivity contribution in [3.8, 4) is 0 Å². The molecule has 2 heterocycles. The summed E-state index contributed by atoms with van der Waals surface area (Å²) >= 11 is 1.35. The second-order valence-corrected chi connectivity index (χ2v) is 5.94. The number of nitrogens with zero attached hydrogens (tertiary/aromatic N) is 1. The molecular weight excluding hydrogens is 331 g/mol. The molecular formula is C14H14F3N3O2S. The highest BCUT2D eigenvalue weighted by atomic mass is 32.1. The number of carbonyl (C=O) groups excluding carboxylic acids is 1. The molecule has 0 saturated carbocycles. The van der Waals surface area contributed by atoms with Gasteiger partial charge in [0.1, 0.15) is 11.3 Å². The van der Waals surface area contributed by atoms with Gasteiger partial charge in [0, 0.05) is 4.88 Å². The number of carbonyl (C=O) groups is 1. The van der Waals surface area contributed by atoms with Crippen LogP contribution in [0.4, 0.5) is 23.7 Å². The van der Waals surface area contributed by atoms with E-state index in [-0.39, 0.29) is 12.2 Å². The molecule has 1 unspecified atom stereocenters. The maximum Gasteiger partial charge on any atom is 0.433 e. The lowest BCUT2D eigenvalue weighted by Crippen LogP contribution is -2.40. The zero-order valence-electron chi connectivity index (χ0n) is 12.0.